The summed E-state index contributed by atoms with van der Waals surface area (Å²) in [6.07, 6.45) is 17.4. The van der Waals surface area contributed by atoms with E-state index in [1.54, 1.807) is 11.3 Å². The third-order valence-electron chi connectivity index (χ3n) is 7.95. The van der Waals surface area contributed by atoms with Gasteiger partial charge >= 0.3 is 0 Å². The second-order valence-electron chi connectivity index (χ2n) is 9.94. The van der Waals surface area contributed by atoms with Crippen LogP contribution >= 0.6 is 11.3 Å². The summed E-state index contributed by atoms with van der Waals surface area (Å²) < 4.78 is 0. The molecule has 0 radical (unpaired) electrons. The summed E-state index contributed by atoms with van der Waals surface area (Å²) in [5.41, 5.74) is 7.31. The Morgan fingerprint density at radius 2 is 1.65 bits per heavy atom. The molecule has 142 valence electrons. The van der Waals surface area contributed by atoms with Crippen molar-refractivity contribution in [2.24, 2.45) is 28.9 Å². The largest absolute Gasteiger partial charge is 0.365 e. The van der Waals surface area contributed by atoms with Gasteiger partial charge in [-0.15, -0.1) is 11.3 Å². The molecule has 0 aliphatic heterocycles. The van der Waals surface area contributed by atoms with Crippen LogP contribution in [0.5, 0.6) is 0 Å². The zero-order valence-corrected chi connectivity index (χ0v) is 16.7. The van der Waals surface area contributed by atoms with E-state index in [-0.39, 0.29) is 5.91 Å². The Bertz CT molecular complexity index is 653. The maximum absolute atomic E-state index is 12.0. The van der Waals surface area contributed by atoms with E-state index in [9.17, 15) is 4.79 Å². The van der Waals surface area contributed by atoms with Crippen molar-refractivity contribution in [1.82, 2.24) is 4.98 Å². The molecule has 4 bridgehead atoms. The van der Waals surface area contributed by atoms with E-state index in [0.717, 1.165) is 34.7 Å². The topological polar surface area (TPSA) is 56.0 Å². The van der Waals surface area contributed by atoms with Gasteiger partial charge in [0.1, 0.15) is 4.88 Å². The number of nitrogens with two attached hydrogens (primary N) is 1. The number of aryl methyl sites for hydroxylation is 1. The van der Waals surface area contributed by atoms with Gasteiger partial charge in [-0.1, -0.05) is 19.3 Å². The van der Waals surface area contributed by atoms with E-state index >= 15 is 0 Å². The second-order valence-corrected chi connectivity index (χ2v) is 11.0. The zero-order chi connectivity index (χ0) is 17.7. The van der Waals surface area contributed by atoms with E-state index < -0.39 is 0 Å². The van der Waals surface area contributed by atoms with Gasteiger partial charge in [-0.25, -0.2) is 4.98 Å². The number of hydrogen-bond donors (Lipinski definition) is 1. The minimum absolute atomic E-state index is 0.259. The van der Waals surface area contributed by atoms with Crippen molar-refractivity contribution in [1.29, 1.82) is 0 Å². The van der Waals surface area contributed by atoms with Gasteiger partial charge in [-0.3, -0.25) is 4.79 Å². The lowest BCUT2D eigenvalue weighted by Gasteiger charge is -2.57. The first-order chi connectivity index (χ1) is 12.6. The van der Waals surface area contributed by atoms with Crippen molar-refractivity contribution in [2.45, 2.75) is 89.4 Å². The number of primary amides is 1. The van der Waals surface area contributed by atoms with Crippen LogP contribution in [0.1, 0.15) is 103 Å². The fourth-order valence-corrected chi connectivity index (χ4v) is 8.37. The van der Waals surface area contributed by atoms with E-state index in [2.05, 4.69) is 0 Å². The molecule has 26 heavy (non-hydrogen) atoms. The van der Waals surface area contributed by atoms with Crippen molar-refractivity contribution in [2.75, 3.05) is 0 Å². The maximum atomic E-state index is 12.0. The standard InChI is InChI=1S/C22H32N2OS/c23-20(25)19-18(24-21(26-19)17-4-2-1-3-5-17)6-7-22-11-14-8-15(12-22)10-16(9-14)13-22/h14-17H,1-13H2,(H2,23,25). The Kier molecular flexibility index (Phi) is 4.38. The molecule has 5 fully saturated rings. The first-order valence-electron chi connectivity index (χ1n) is 10.9. The normalized spacial score (nSPS) is 36.5. The molecule has 2 N–H and O–H groups in total. The highest BCUT2D eigenvalue weighted by molar-refractivity contribution is 7.13. The highest BCUT2D eigenvalue weighted by Gasteiger charge is 2.50. The van der Waals surface area contributed by atoms with E-state index in [0.29, 0.717) is 11.3 Å². The summed E-state index contributed by atoms with van der Waals surface area (Å²) >= 11 is 1.61. The molecule has 1 aromatic rings. The van der Waals surface area contributed by atoms with Crippen LogP contribution in [0.2, 0.25) is 0 Å². The number of hydrogen-bond acceptors (Lipinski definition) is 3. The Labute approximate surface area is 161 Å². The number of amides is 1. The summed E-state index contributed by atoms with van der Waals surface area (Å²) in [7, 11) is 0. The SMILES string of the molecule is NC(=O)c1sc(C2CCCCC2)nc1CCC12CC3CC(CC(C3)C1)C2. The van der Waals surface area contributed by atoms with E-state index in [1.165, 1.54) is 82.1 Å². The van der Waals surface area contributed by atoms with Crippen molar-refractivity contribution < 1.29 is 4.79 Å². The molecular formula is C22H32N2OS. The number of thiazole rings is 1. The molecule has 0 saturated heterocycles. The highest BCUT2D eigenvalue weighted by Crippen LogP contribution is 2.61. The number of aromatic nitrogens is 1. The third kappa shape index (κ3) is 3.12. The molecule has 1 aromatic heterocycles. The fourth-order valence-electron chi connectivity index (χ4n) is 7.24. The van der Waals surface area contributed by atoms with Gasteiger partial charge in [0, 0.05) is 5.92 Å². The van der Waals surface area contributed by atoms with Gasteiger partial charge in [0.25, 0.3) is 5.91 Å². The van der Waals surface area contributed by atoms with Crippen LogP contribution in [0.3, 0.4) is 0 Å². The number of nitrogens with zero attached hydrogens (tertiary/aromatic N) is 1. The molecule has 1 amide bonds. The maximum Gasteiger partial charge on any atom is 0.260 e. The van der Waals surface area contributed by atoms with Crippen LogP contribution in [0.4, 0.5) is 0 Å². The quantitative estimate of drug-likeness (QED) is 0.748. The average molecular weight is 373 g/mol. The minimum Gasteiger partial charge on any atom is -0.365 e. The molecule has 6 rings (SSSR count). The van der Waals surface area contributed by atoms with Crippen LogP contribution < -0.4 is 5.73 Å². The molecule has 1 heterocycles. The monoisotopic (exact) mass is 372 g/mol. The summed E-state index contributed by atoms with van der Waals surface area (Å²) in [5.74, 6) is 3.28. The van der Waals surface area contributed by atoms with Crippen molar-refractivity contribution in [3.8, 4) is 0 Å². The predicted octanol–water partition coefficient (Wildman–Crippen LogP) is 5.44. The summed E-state index contributed by atoms with van der Waals surface area (Å²) in [5, 5.41) is 1.19. The molecule has 5 aliphatic carbocycles. The molecule has 5 saturated carbocycles. The molecule has 0 unspecified atom stereocenters. The molecule has 0 spiro atoms. The zero-order valence-electron chi connectivity index (χ0n) is 15.8. The van der Waals surface area contributed by atoms with Gasteiger partial charge in [0.15, 0.2) is 0 Å². The van der Waals surface area contributed by atoms with Crippen LogP contribution in [0.15, 0.2) is 0 Å². The van der Waals surface area contributed by atoms with Gasteiger partial charge < -0.3 is 5.73 Å². The molecular weight excluding hydrogens is 340 g/mol. The molecule has 4 heteroatoms. The Morgan fingerprint density at radius 3 is 2.23 bits per heavy atom. The molecule has 0 aromatic carbocycles. The first kappa shape index (κ1) is 17.2. The molecule has 5 aliphatic rings. The van der Waals surface area contributed by atoms with Crippen LogP contribution in [-0.4, -0.2) is 10.9 Å². The Balaban J connectivity index is 1.33. The first-order valence-corrected chi connectivity index (χ1v) is 11.7. The minimum atomic E-state index is -0.259. The lowest BCUT2D eigenvalue weighted by atomic mass is 9.48. The second kappa shape index (κ2) is 6.61. The smallest absolute Gasteiger partial charge is 0.260 e. The Hall–Kier alpha value is -0.900. The number of rotatable bonds is 5. The third-order valence-corrected chi connectivity index (χ3v) is 9.22. The van der Waals surface area contributed by atoms with E-state index in [4.69, 9.17) is 10.7 Å². The van der Waals surface area contributed by atoms with Gasteiger partial charge in [-0.05, 0) is 87.4 Å². The van der Waals surface area contributed by atoms with Crippen LogP contribution in [0.25, 0.3) is 0 Å². The fraction of sp³-hybridized carbons (Fsp3) is 0.818. The lowest BCUT2D eigenvalue weighted by molar-refractivity contribution is -0.0570. The highest BCUT2D eigenvalue weighted by atomic mass is 32.1. The number of carbonyl (C=O) groups is 1. The summed E-state index contributed by atoms with van der Waals surface area (Å²) in [4.78, 5) is 17.8. The lowest BCUT2D eigenvalue weighted by Crippen LogP contribution is -2.46. The Morgan fingerprint density at radius 1 is 1.04 bits per heavy atom. The van der Waals surface area contributed by atoms with Gasteiger partial charge in [-0.2, -0.15) is 0 Å². The van der Waals surface area contributed by atoms with Crippen LogP contribution in [-0.2, 0) is 6.42 Å². The predicted molar refractivity (Wildman–Crippen MR) is 105 cm³/mol. The van der Waals surface area contributed by atoms with Crippen molar-refractivity contribution in [3.63, 3.8) is 0 Å². The molecule has 0 atom stereocenters. The summed E-state index contributed by atoms with van der Waals surface area (Å²) in [6, 6.07) is 0. The summed E-state index contributed by atoms with van der Waals surface area (Å²) in [6.45, 7) is 0. The van der Waals surface area contributed by atoms with Crippen LogP contribution in [0, 0.1) is 23.2 Å². The van der Waals surface area contributed by atoms with Gasteiger partial charge in [0.2, 0.25) is 0 Å². The van der Waals surface area contributed by atoms with E-state index in [1.807, 2.05) is 0 Å². The average Bonchev–Trinajstić information content (AvgIpc) is 3.04. The van der Waals surface area contributed by atoms with Crippen molar-refractivity contribution in [3.05, 3.63) is 15.6 Å². The number of carbonyl (C=O) groups excluding carboxylic acids is 1. The van der Waals surface area contributed by atoms with Gasteiger partial charge in [0.05, 0.1) is 10.7 Å². The van der Waals surface area contributed by atoms with Crippen molar-refractivity contribution >= 4 is 17.2 Å². The molecule has 3 nitrogen and oxygen atoms in total.